The molecule has 6 nitrogen and oxygen atoms in total. The lowest BCUT2D eigenvalue weighted by atomic mass is 9.84. The average molecular weight is 484 g/mol. The summed E-state index contributed by atoms with van der Waals surface area (Å²) in [6, 6.07) is 2.17. The van der Waals surface area contributed by atoms with Gasteiger partial charge in [0.2, 0.25) is 10.0 Å². The zero-order valence-corrected chi connectivity index (χ0v) is 17.3. The van der Waals surface area contributed by atoms with Crippen molar-refractivity contribution >= 4 is 31.7 Å². The van der Waals surface area contributed by atoms with Crippen molar-refractivity contribution in [2.45, 2.75) is 30.0 Å². The van der Waals surface area contributed by atoms with Crippen molar-refractivity contribution in [3.8, 4) is 0 Å². The van der Waals surface area contributed by atoms with Gasteiger partial charge >= 0.3 is 6.18 Å². The summed E-state index contributed by atoms with van der Waals surface area (Å²) >= 11 is 2.95. The smallest absolute Gasteiger partial charge is 0.316 e. The van der Waals surface area contributed by atoms with E-state index in [0.717, 1.165) is 18.7 Å². The Hall–Kier alpha value is -1.01. The highest BCUT2D eigenvalue weighted by molar-refractivity contribution is 9.10. The van der Waals surface area contributed by atoms with Gasteiger partial charge in [0.05, 0.1) is 10.5 Å². The standard InChI is InChI=1S/C17H21BrF3N3O3S/c18-11-1-2-15(13(7-11)17(19,20)21)28(26,27)24-14-4-6-23-9-12(14)16(25)10-3-5-22-8-10/h1-2,7,10,12,14,22-24H,3-6,8-9H2. The van der Waals surface area contributed by atoms with Crippen LogP contribution >= 0.6 is 15.9 Å². The molecule has 0 saturated carbocycles. The number of Topliss-reactive ketones (excluding diaryl/α,β-unsaturated/α-hetero) is 1. The molecule has 0 aromatic heterocycles. The minimum absolute atomic E-state index is 0.0586. The van der Waals surface area contributed by atoms with E-state index in [0.29, 0.717) is 32.5 Å². The third-order valence-corrected chi connectivity index (χ3v) is 7.19. The second-order valence-corrected chi connectivity index (χ2v) is 9.66. The van der Waals surface area contributed by atoms with Crippen molar-refractivity contribution in [1.82, 2.24) is 15.4 Å². The molecule has 0 amide bonds. The van der Waals surface area contributed by atoms with Crippen LogP contribution in [0.25, 0.3) is 0 Å². The predicted molar refractivity (Wildman–Crippen MR) is 100 cm³/mol. The van der Waals surface area contributed by atoms with Gasteiger partial charge in [0.15, 0.2) is 0 Å². The summed E-state index contributed by atoms with van der Waals surface area (Å²) in [6.07, 6.45) is -3.82. The molecule has 1 aromatic carbocycles. The molecule has 2 saturated heterocycles. The highest BCUT2D eigenvalue weighted by Gasteiger charge is 2.41. The summed E-state index contributed by atoms with van der Waals surface area (Å²) < 4.78 is 68.2. The highest BCUT2D eigenvalue weighted by Crippen LogP contribution is 2.36. The van der Waals surface area contributed by atoms with Crippen molar-refractivity contribution < 1.29 is 26.4 Å². The van der Waals surface area contributed by atoms with Crippen LogP contribution in [0.5, 0.6) is 0 Å². The summed E-state index contributed by atoms with van der Waals surface area (Å²) in [7, 11) is -4.47. The quantitative estimate of drug-likeness (QED) is 0.595. The monoisotopic (exact) mass is 483 g/mol. The zero-order valence-electron chi connectivity index (χ0n) is 14.9. The summed E-state index contributed by atoms with van der Waals surface area (Å²) in [5, 5.41) is 6.18. The SMILES string of the molecule is O=C(C1CCNC1)C1CNCCC1NS(=O)(=O)c1ccc(Br)cc1C(F)(F)F. The Bertz CT molecular complexity index is 842. The molecule has 28 heavy (non-hydrogen) atoms. The molecular weight excluding hydrogens is 463 g/mol. The van der Waals surface area contributed by atoms with Gasteiger partial charge in [-0.05, 0) is 44.1 Å². The molecular formula is C17H21BrF3N3O3S. The number of carbonyl (C=O) groups is 1. The first-order chi connectivity index (χ1) is 13.1. The number of alkyl halides is 3. The first-order valence-corrected chi connectivity index (χ1v) is 11.2. The molecule has 1 aromatic rings. The molecule has 2 aliphatic rings. The third-order valence-electron chi connectivity index (χ3n) is 5.15. The van der Waals surface area contributed by atoms with E-state index in [1.54, 1.807) is 0 Å². The summed E-state index contributed by atoms with van der Waals surface area (Å²) in [4.78, 5) is 12.0. The average Bonchev–Trinajstić information content (AvgIpc) is 3.15. The second-order valence-electron chi connectivity index (χ2n) is 7.06. The van der Waals surface area contributed by atoms with Crippen LogP contribution in [0.3, 0.4) is 0 Å². The van der Waals surface area contributed by atoms with E-state index in [1.807, 2.05) is 0 Å². The molecule has 0 aliphatic carbocycles. The molecule has 2 fully saturated rings. The van der Waals surface area contributed by atoms with E-state index in [-0.39, 0.29) is 16.2 Å². The maximum absolute atomic E-state index is 13.4. The van der Waals surface area contributed by atoms with E-state index < -0.39 is 38.6 Å². The molecule has 3 rings (SSSR count). The van der Waals surface area contributed by atoms with Gasteiger partial charge < -0.3 is 10.6 Å². The van der Waals surface area contributed by atoms with Crippen molar-refractivity contribution in [1.29, 1.82) is 0 Å². The van der Waals surface area contributed by atoms with Gasteiger partial charge in [-0.3, -0.25) is 4.79 Å². The molecule has 156 valence electrons. The number of nitrogens with one attached hydrogen (secondary N) is 3. The van der Waals surface area contributed by atoms with E-state index in [4.69, 9.17) is 0 Å². The second kappa shape index (κ2) is 8.39. The molecule has 2 aliphatic heterocycles. The molecule has 0 radical (unpaired) electrons. The van der Waals surface area contributed by atoms with Crippen LogP contribution in [0.15, 0.2) is 27.6 Å². The lowest BCUT2D eigenvalue weighted by Gasteiger charge is -2.33. The number of carbonyl (C=O) groups excluding carboxylic acids is 1. The fourth-order valence-electron chi connectivity index (χ4n) is 3.72. The van der Waals surface area contributed by atoms with Crippen molar-refractivity contribution in [2.24, 2.45) is 11.8 Å². The summed E-state index contributed by atoms with van der Waals surface area (Å²) in [5.74, 6) is -0.870. The van der Waals surface area contributed by atoms with Crippen LogP contribution in [0.4, 0.5) is 13.2 Å². The van der Waals surface area contributed by atoms with Crippen LogP contribution in [-0.2, 0) is 21.0 Å². The van der Waals surface area contributed by atoms with Crippen molar-refractivity contribution in [2.75, 3.05) is 26.2 Å². The minimum atomic E-state index is -4.83. The number of ketones is 1. The van der Waals surface area contributed by atoms with Crippen molar-refractivity contribution in [3.05, 3.63) is 28.2 Å². The summed E-state index contributed by atoms with van der Waals surface area (Å²) in [6.45, 7) is 2.04. The fourth-order valence-corrected chi connectivity index (χ4v) is 5.60. The number of hydrogen-bond donors (Lipinski definition) is 3. The molecule has 3 atom stereocenters. The van der Waals surface area contributed by atoms with E-state index in [2.05, 4.69) is 31.3 Å². The predicted octanol–water partition coefficient (Wildman–Crippen LogP) is 1.90. The van der Waals surface area contributed by atoms with Crippen LogP contribution in [0.1, 0.15) is 18.4 Å². The number of rotatable bonds is 5. The van der Waals surface area contributed by atoms with Gasteiger partial charge in [-0.15, -0.1) is 0 Å². The first-order valence-electron chi connectivity index (χ1n) is 8.94. The van der Waals surface area contributed by atoms with Crippen LogP contribution < -0.4 is 15.4 Å². The number of hydrogen-bond acceptors (Lipinski definition) is 5. The van der Waals surface area contributed by atoms with Gasteiger partial charge in [0.1, 0.15) is 5.78 Å². The Balaban J connectivity index is 1.87. The highest BCUT2D eigenvalue weighted by atomic mass is 79.9. The largest absolute Gasteiger partial charge is 0.417 e. The lowest BCUT2D eigenvalue weighted by molar-refractivity contribution is -0.140. The Morgan fingerprint density at radius 2 is 1.82 bits per heavy atom. The number of sulfonamides is 1. The maximum Gasteiger partial charge on any atom is 0.417 e. The van der Waals surface area contributed by atoms with Crippen LogP contribution in [0.2, 0.25) is 0 Å². The van der Waals surface area contributed by atoms with E-state index in [9.17, 15) is 26.4 Å². The molecule has 2 heterocycles. The van der Waals surface area contributed by atoms with Gasteiger partial charge in [-0.1, -0.05) is 15.9 Å². The third kappa shape index (κ3) is 4.76. The van der Waals surface area contributed by atoms with Crippen LogP contribution in [-0.4, -0.2) is 46.4 Å². The minimum Gasteiger partial charge on any atom is -0.316 e. The first kappa shape index (κ1) is 21.7. The van der Waals surface area contributed by atoms with Gasteiger partial charge in [-0.25, -0.2) is 13.1 Å². The lowest BCUT2D eigenvalue weighted by Crippen LogP contribution is -2.53. The van der Waals surface area contributed by atoms with E-state index >= 15 is 0 Å². The number of halogens is 4. The number of benzene rings is 1. The van der Waals surface area contributed by atoms with Gasteiger partial charge in [0, 0.05) is 35.4 Å². The molecule has 0 bridgehead atoms. The summed E-state index contributed by atoms with van der Waals surface area (Å²) in [5.41, 5.74) is -1.24. The maximum atomic E-state index is 13.4. The molecule has 0 spiro atoms. The molecule has 3 unspecified atom stereocenters. The van der Waals surface area contributed by atoms with Crippen LogP contribution in [0, 0.1) is 11.8 Å². The fraction of sp³-hybridized carbons (Fsp3) is 0.588. The number of piperidine rings is 1. The normalized spacial score (nSPS) is 26.4. The van der Waals surface area contributed by atoms with Crippen molar-refractivity contribution in [3.63, 3.8) is 0 Å². The zero-order chi connectivity index (χ0) is 20.5. The van der Waals surface area contributed by atoms with Gasteiger partial charge in [0.25, 0.3) is 0 Å². The topological polar surface area (TPSA) is 87.3 Å². The Labute approximate surface area is 169 Å². The Morgan fingerprint density at radius 1 is 1.14 bits per heavy atom. The van der Waals surface area contributed by atoms with E-state index in [1.165, 1.54) is 6.07 Å². The molecule has 11 heteroatoms. The van der Waals surface area contributed by atoms with Gasteiger partial charge in [-0.2, -0.15) is 13.2 Å². The Morgan fingerprint density at radius 3 is 2.46 bits per heavy atom. The molecule has 3 N–H and O–H groups in total. The Kier molecular flexibility index (Phi) is 6.50.